The molecule has 0 radical (unpaired) electrons. The van der Waals surface area contributed by atoms with Crippen LogP contribution in [0.1, 0.15) is 19.3 Å². The highest BCUT2D eigenvalue weighted by atomic mass is 79.9. The van der Waals surface area contributed by atoms with Crippen molar-refractivity contribution in [3.63, 3.8) is 0 Å². The first-order chi connectivity index (χ1) is 8.40. The van der Waals surface area contributed by atoms with Crippen LogP contribution < -0.4 is 4.72 Å². The Labute approximate surface area is 129 Å². The molecule has 7 heteroatoms. The van der Waals surface area contributed by atoms with Gasteiger partial charge in [0.15, 0.2) is 0 Å². The molecule has 0 bridgehead atoms. The van der Waals surface area contributed by atoms with Gasteiger partial charge in [0.25, 0.3) is 0 Å². The maximum Gasteiger partial charge on any atom is 0.243 e. The summed E-state index contributed by atoms with van der Waals surface area (Å²) in [4.78, 5) is 0.110. The molecular weight excluding hydrogens is 405 g/mol. The third kappa shape index (κ3) is 2.77. The number of halogens is 3. The highest BCUT2D eigenvalue weighted by molar-refractivity contribution is 9.10. The molecule has 100 valence electrons. The number of rotatable bonds is 4. The van der Waals surface area contributed by atoms with E-state index in [4.69, 9.17) is 11.6 Å². The van der Waals surface area contributed by atoms with Crippen molar-refractivity contribution in [3.8, 4) is 0 Å². The van der Waals surface area contributed by atoms with Crippen LogP contribution in [0.4, 0.5) is 0 Å². The molecule has 0 spiro atoms. The summed E-state index contributed by atoms with van der Waals surface area (Å²) in [6.07, 6.45) is 2.73. The SMILES string of the molecule is O=S(=O)(NC1(CBr)CCC1)c1c(Cl)cccc1Br. The Balaban J connectivity index is 2.37. The number of alkyl halides is 1. The third-order valence-electron chi connectivity index (χ3n) is 3.10. The van der Waals surface area contributed by atoms with Gasteiger partial charge in [-0.2, -0.15) is 0 Å². The Hall–Kier alpha value is 0.380. The second kappa shape index (κ2) is 5.40. The normalized spacial score (nSPS) is 18.4. The van der Waals surface area contributed by atoms with Gasteiger partial charge in [-0.3, -0.25) is 0 Å². The van der Waals surface area contributed by atoms with E-state index >= 15 is 0 Å². The van der Waals surface area contributed by atoms with E-state index in [0.29, 0.717) is 9.80 Å². The third-order valence-corrected chi connectivity index (χ3v) is 7.21. The number of nitrogens with one attached hydrogen (secondary N) is 1. The van der Waals surface area contributed by atoms with Crippen molar-refractivity contribution in [3.05, 3.63) is 27.7 Å². The molecule has 1 aliphatic rings. The van der Waals surface area contributed by atoms with Gasteiger partial charge in [0.1, 0.15) is 4.90 Å². The zero-order valence-corrected chi connectivity index (χ0v) is 14.2. The summed E-state index contributed by atoms with van der Waals surface area (Å²) in [5, 5.41) is 0.835. The van der Waals surface area contributed by atoms with Gasteiger partial charge in [0, 0.05) is 15.3 Å². The molecule has 0 aliphatic heterocycles. The highest BCUT2D eigenvalue weighted by Crippen LogP contribution is 2.37. The van der Waals surface area contributed by atoms with E-state index in [9.17, 15) is 8.42 Å². The van der Waals surface area contributed by atoms with E-state index < -0.39 is 10.0 Å². The molecule has 0 saturated heterocycles. The number of benzene rings is 1. The average molecular weight is 418 g/mol. The minimum atomic E-state index is -3.61. The Morgan fingerprint density at radius 3 is 2.50 bits per heavy atom. The summed E-state index contributed by atoms with van der Waals surface area (Å²) >= 11 is 12.6. The summed E-state index contributed by atoms with van der Waals surface area (Å²) in [7, 11) is -3.61. The van der Waals surface area contributed by atoms with Crippen LogP contribution in [-0.2, 0) is 10.0 Å². The molecule has 1 aromatic carbocycles. The summed E-state index contributed by atoms with van der Waals surface area (Å²) in [6.45, 7) is 0. The molecule has 3 nitrogen and oxygen atoms in total. The Morgan fingerprint density at radius 2 is 2.06 bits per heavy atom. The molecule has 0 amide bonds. The zero-order chi connectivity index (χ0) is 13.4. The predicted octanol–water partition coefficient (Wildman–Crippen LogP) is 3.70. The van der Waals surface area contributed by atoms with Gasteiger partial charge >= 0.3 is 0 Å². The lowest BCUT2D eigenvalue weighted by atomic mass is 9.80. The Morgan fingerprint density at radius 1 is 1.39 bits per heavy atom. The van der Waals surface area contributed by atoms with E-state index in [-0.39, 0.29) is 15.5 Å². The quantitative estimate of drug-likeness (QED) is 0.760. The van der Waals surface area contributed by atoms with Crippen molar-refractivity contribution in [2.45, 2.75) is 29.7 Å². The minimum Gasteiger partial charge on any atom is -0.207 e. The van der Waals surface area contributed by atoms with Crippen LogP contribution in [-0.4, -0.2) is 19.3 Å². The van der Waals surface area contributed by atoms with Gasteiger partial charge in [-0.1, -0.05) is 33.6 Å². The Kier molecular flexibility index (Phi) is 4.44. The molecule has 1 aliphatic carbocycles. The van der Waals surface area contributed by atoms with E-state index in [0.717, 1.165) is 19.3 Å². The summed E-state index contributed by atoms with van der Waals surface area (Å²) < 4.78 is 28.0. The standard InChI is InChI=1S/C11H12Br2ClNO2S/c12-7-11(5-2-6-11)15-18(16,17)10-8(13)3-1-4-9(10)14/h1,3-4,15H,2,5-7H2. The molecule has 0 aromatic heterocycles. The lowest BCUT2D eigenvalue weighted by molar-refractivity contribution is 0.256. The minimum absolute atomic E-state index is 0.110. The monoisotopic (exact) mass is 415 g/mol. The summed E-state index contributed by atoms with van der Waals surface area (Å²) in [5.74, 6) is 0. The van der Waals surface area contributed by atoms with Crippen LogP contribution in [0, 0.1) is 0 Å². The lowest BCUT2D eigenvalue weighted by Gasteiger charge is -2.40. The van der Waals surface area contributed by atoms with E-state index in [1.807, 2.05) is 0 Å². The molecular formula is C11H12Br2ClNO2S. The van der Waals surface area contributed by atoms with Crippen molar-refractivity contribution in [2.75, 3.05) is 5.33 Å². The van der Waals surface area contributed by atoms with Gasteiger partial charge in [-0.25, -0.2) is 13.1 Å². The van der Waals surface area contributed by atoms with Crippen LogP contribution in [0.3, 0.4) is 0 Å². The van der Waals surface area contributed by atoms with Crippen molar-refractivity contribution >= 4 is 53.5 Å². The molecule has 1 saturated carbocycles. The number of sulfonamides is 1. The van der Waals surface area contributed by atoms with E-state index in [1.54, 1.807) is 18.2 Å². The first kappa shape index (κ1) is 14.8. The summed E-state index contributed by atoms with van der Waals surface area (Å²) in [5.41, 5.74) is -0.364. The second-order valence-electron chi connectivity index (χ2n) is 4.42. The topological polar surface area (TPSA) is 46.2 Å². The van der Waals surface area contributed by atoms with Crippen LogP contribution in [0.2, 0.25) is 5.02 Å². The first-order valence-corrected chi connectivity index (χ1v) is 9.22. The lowest BCUT2D eigenvalue weighted by Crippen LogP contribution is -2.54. The van der Waals surface area contributed by atoms with Gasteiger partial charge in [-0.15, -0.1) is 0 Å². The van der Waals surface area contributed by atoms with Crippen molar-refractivity contribution < 1.29 is 8.42 Å². The smallest absolute Gasteiger partial charge is 0.207 e. The van der Waals surface area contributed by atoms with Gasteiger partial charge in [0.05, 0.1) is 5.02 Å². The maximum absolute atomic E-state index is 12.4. The second-order valence-corrected chi connectivity index (χ2v) is 7.87. The molecule has 1 N–H and O–H groups in total. The van der Waals surface area contributed by atoms with Gasteiger partial charge < -0.3 is 0 Å². The predicted molar refractivity (Wildman–Crippen MR) is 79.8 cm³/mol. The number of hydrogen-bond donors (Lipinski definition) is 1. The maximum atomic E-state index is 12.4. The fraction of sp³-hybridized carbons (Fsp3) is 0.455. The van der Waals surface area contributed by atoms with Crippen molar-refractivity contribution in [1.82, 2.24) is 4.72 Å². The largest absolute Gasteiger partial charge is 0.243 e. The van der Waals surface area contributed by atoms with Crippen molar-refractivity contribution in [1.29, 1.82) is 0 Å². The van der Waals surface area contributed by atoms with E-state index in [1.165, 1.54) is 0 Å². The molecule has 0 heterocycles. The fourth-order valence-corrected chi connectivity index (χ4v) is 6.03. The highest BCUT2D eigenvalue weighted by Gasteiger charge is 2.40. The molecule has 0 atom stereocenters. The first-order valence-electron chi connectivity index (χ1n) is 5.44. The molecule has 2 rings (SSSR count). The number of hydrogen-bond acceptors (Lipinski definition) is 2. The molecule has 0 unspecified atom stereocenters. The molecule has 18 heavy (non-hydrogen) atoms. The van der Waals surface area contributed by atoms with Crippen LogP contribution >= 0.6 is 43.5 Å². The average Bonchev–Trinajstić information content (AvgIpc) is 2.23. The molecule has 1 aromatic rings. The zero-order valence-electron chi connectivity index (χ0n) is 9.42. The molecule has 1 fully saturated rings. The van der Waals surface area contributed by atoms with Crippen LogP contribution in [0.15, 0.2) is 27.6 Å². The Bertz CT molecular complexity index is 532. The van der Waals surface area contributed by atoms with E-state index in [2.05, 4.69) is 36.6 Å². The fourth-order valence-electron chi connectivity index (χ4n) is 1.94. The van der Waals surface area contributed by atoms with Gasteiger partial charge in [0.2, 0.25) is 10.0 Å². The van der Waals surface area contributed by atoms with Gasteiger partial charge in [-0.05, 0) is 47.3 Å². The van der Waals surface area contributed by atoms with Crippen LogP contribution in [0.5, 0.6) is 0 Å². The van der Waals surface area contributed by atoms with Crippen molar-refractivity contribution in [2.24, 2.45) is 0 Å². The van der Waals surface area contributed by atoms with Crippen LogP contribution in [0.25, 0.3) is 0 Å². The summed E-state index contributed by atoms with van der Waals surface area (Å²) in [6, 6.07) is 4.94.